The highest BCUT2D eigenvalue weighted by Crippen LogP contribution is 2.12. The number of nitrogens with one attached hydrogen (secondary N) is 1. The third kappa shape index (κ3) is 4.92. The van der Waals surface area contributed by atoms with Gasteiger partial charge in [-0.3, -0.25) is 9.69 Å². The van der Waals surface area contributed by atoms with E-state index in [1.54, 1.807) is 24.3 Å². The van der Waals surface area contributed by atoms with Crippen LogP contribution in [0.15, 0.2) is 48.5 Å². The Morgan fingerprint density at radius 2 is 2.08 bits per heavy atom. The number of nitriles is 1. The van der Waals surface area contributed by atoms with E-state index in [4.69, 9.17) is 10.00 Å². The van der Waals surface area contributed by atoms with Gasteiger partial charge in [-0.1, -0.05) is 30.3 Å². The Labute approximate surface area is 154 Å². The molecule has 0 spiro atoms. The van der Waals surface area contributed by atoms with E-state index >= 15 is 0 Å². The molecule has 1 aliphatic rings. The molecule has 1 atom stereocenters. The molecule has 0 aliphatic carbocycles. The fraction of sp³-hybridized carbons (Fsp3) is 0.333. The molecule has 134 valence electrons. The van der Waals surface area contributed by atoms with Crippen molar-refractivity contribution in [3.63, 3.8) is 0 Å². The highest BCUT2D eigenvalue weighted by Gasteiger charge is 2.16. The predicted octanol–water partition coefficient (Wildman–Crippen LogP) is 2.71. The van der Waals surface area contributed by atoms with Crippen LogP contribution in [0.2, 0.25) is 0 Å². The molecule has 1 heterocycles. The number of nitrogens with zero attached hydrogens (tertiary/aromatic N) is 2. The molecule has 1 N–H and O–H groups in total. The number of ether oxygens (including phenoxy) is 1. The molecule has 1 saturated heterocycles. The molecular formula is C21H23N3O2. The highest BCUT2D eigenvalue weighted by atomic mass is 16.5. The smallest absolute Gasteiger partial charge is 0.251 e. The lowest BCUT2D eigenvalue weighted by Crippen LogP contribution is -2.40. The molecule has 1 fully saturated rings. The van der Waals surface area contributed by atoms with Gasteiger partial charge in [-0.25, -0.2) is 0 Å². The molecule has 1 amide bonds. The van der Waals surface area contributed by atoms with E-state index in [0.717, 1.165) is 31.8 Å². The van der Waals surface area contributed by atoms with Gasteiger partial charge in [0.25, 0.3) is 5.91 Å². The average molecular weight is 349 g/mol. The van der Waals surface area contributed by atoms with Crippen molar-refractivity contribution in [2.24, 2.45) is 0 Å². The lowest BCUT2D eigenvalue weighted by atomic mass is 10.1. The third-order valence-corrected chi connectivity index (χ3v) is 4.43. The Morgan fingerprint density at radius 3 is 2.88 bits per heavy atom. The van der Waals surface area contributed by atoms with E-state index in [2.05, 4.69) is 35.3 Å². The Hall–Kier alpha value is -2.68. The summed E-state index contributed by atoms with van der Waals surface area (Å²) in [7, 11) is 0. The van der Waals surface area contributed by atoms with Crippen LogP contribution in [0.1, 0.15) is 34.0 Å². The number of carbonyl (C=O) groups is 1. The van der Waals surface area contributed by atoms with Crippen molar-refractivity contribution in [2.45, 2.75) is 26.1 Å². The molecule has 1 aliphatic heterocycles. The number of carbonyl (C=O) groups excluding carboxylic acids is 1. The summed E-state index contributed by atoms with van der Waals surface area (Å²) in [4.78, 5) is 14.7. The first-order valence-corrected chi connectivity index (χ1v) is 8.84. The van der Waals surface area contributed by atoms with Crippen LogP contribution in [0.5, 0.6) is 0 Å². The molecule has 26 heavy (non-hydrogen) atoms. The van der Waals surface area contributed by atoms with Crippen molar-refractivity contribution in [1.29, 1.82) is 5.26 Å². The van der Waals surface area contributed by atoms with Gasteiger partial charge in [-0.2, -0.15) is 5.26 Å². The van der Waals surface area contributed by atoms with Crippen molar-refractivity contribution in [3.8, 4) is 6.07 Å². The van der Waals surface area contributed by atoms with Crippen molar-refractivity contribution in [1.82, 2.24) is 10.2 Å². The van der Waals surface area contributed by atoms with Crippen LogP contribution >= 0.6 is 0 Å². The predicted molar refractivity (Wildman–Crippen MR) is 99.5 cm³/mol. The summed E-state index contributed by atoms with van der Waals surface area (Å²) in [6.45, 7) is 6.11. The van der Waals surface area contributed by atoms with Crippen LogP contribution < -0.4 is 5.32 Å². The van der Waals surface area contributed by atoms with Gasteiger partial charge in [0, 0.05) is 31.7 Å². The second-order valence-electron chi connectivity index (χ2n) is 6.61. The minimum absolute atomic E-state index is 0.172. The molecule has 0 saturated carbocycles. The maximum absolute atomic E-state index is 12.3. The zero-order valence-corrected chi connectivity index (χ0v) is 14.9. The maximum Gasteiger partial charge on any atom is 0.251 e. The van der Waals surface area contributed by atoms with Crippen LogP contribution in [-0.4, -0.2) is 36.6 Å². The van der Waals surface area contributed by atoms with E-state index < -0.39 is 0 Å². The summed E-state index contributed by atoms with van der Waals surface area (Å²) in [6, 6.07) is 17.1. The first-order valence-electron chi connectivity index (χ1n) is 8.84. The minimum Gasteiger partial charge on any atom is -0.376 e. The first-order chi connectivity index (χ1) is 12.6. The Kier molecular flexibility index (Phi) is 6.00. The lowest BCUT2D eigenvalue weighted by molar-refractivity contribution is -0.0212. The first kappa shape index (κ1) is 18.1. The van der Waals surface area contributed by atoms with Crippen LogP contribution in [0.3, 0.4) is 0 Å². The second kappa shape index (κ2) is 8.61. The molecule has 5 nitrogen and oxygen atoms in total. The van der Waals surface area contributed by atoms with Gasteiger partial charge in [-0.15, -0.1) is 0 Å². The number of hydrogen-bond acceptors (Lipinski definition) is 4. The summed E-state index contributed by atoms with van der Waals surface area (Å²) in [5, 5.41) is 11.9. The molecule has 2 aromatic carbocycles. The van der Waals surface area contributed by atoms with E-state index in [-0.39, 0.29) is 12.0 Å². The molecular weight excluding hydrogens is 326 g/mol. The topological polar surface area (TPSA) is 65.4 Å². The van der Waals surface area contributed by atoms with Crippen LogP contribution in [0.25, 0.3) is 0 Å². The molecule has 0 radical (unpaired) electrons. The van der Waals surface area contributed by atoms with E-state index in [0.29, 0.717) is 17.7 Å². The summed E-state index contributed by atoms with van der Waals surface area (Å²) in [6.07, 6.45) is 0.274. The Balaban J connectivity index is 1.58. The van der Waals surface area contributed by atoms with Crippen LogP contribution in [-0.2, 0) is 17.8 Å². The molecule has 0 bridgehead atoms. The molecule has 0 aromatic heterocycles. The van der Waals surface area contributed by atoms with Gasteiger partial charge >= 0.3 is 0 Å². The van der Waals surface area contributed by atoms with Gasteiger partial charge in [0.15, 0.2) is 0 Å². The van der Waals surface area contributed by atoms with Crippen LogP contribution in [0.4, 0.5) is 0 Å². The van der Waals surface area contributed by atoms with Crippen molar-refractivity contribution < 1.29 is 9.53 Å². The fourth-order valence-electron chi connectivity index (χ4n) is 3.14. The maximum atomic E-state index is 12.3. The zero-order valence-electron chi connectivity index (χ0n) is 14.9. The summed E-state index contributed by atoms with van der Waals surface area (Å²) in [5.41, 5.74) is 3.29. The molecule has 3 rings (SSSR count). The molecule has 2 aromatic rings. The van der Waals surface area contributed by atoms with Gasteiger partial charge in [0.05, 0.1) is 24.3 Å². The molecule has 0 unspecified atom stereocenters. The number of rotatable bonds is 5. The van der Waals surface area contributed by atoms with E-state index in [1.807, 2.05) is 12.1 Å². The summed E-state index contributed by atoms with van der Waals surface area (Å²) in [5.74, 6) is -0.172. The van der Waals surface area contributed by atoms with E-state index in [1.165, 1.54) is 5.56 Å². The van der Waals surface area contributed by atoms with Gasteiger partial charge in [0.2, 0.25) is 0 Å². The minimum atomic E-state index is -0.172. The number of morpholine rings is 1. The van der Waals surface area contributed by atoms with Crippen molar-refractivity contribution >= 4 is 5.91 Å². The van der Waals surface area contributed by atoms with Gasteiger partial charge in [-0.05, 0) is 36.2 Å². The average Bonchev–Trinajstić information content (AvgIpc) is 2.66. The van der Waals surface area contributed by atoms with Gasteiger partial charge in [0.1, 0.15) is 0 Å². The number of amides is 1. The van der Waals surface area contributed by atoms with Crippen molar-refractivity contribution in [2.75, 3.05) is 19.7 Å². The standard InChI is InChI=1S/C21H23N3O2/c1-16-14-24(8-9-26-16)15-19-6-2-5-18(10-19)13-23-21(25)20-7-3-4-17(11-20)12-22/h2-7,10-11,16H,8-9,13-15H2,1H3,(H,23,25)/t16-/m1/s1. The monoisotopic (exact) mass is 349 g/mol. The number of hydrogen-bond donors (Lipinski definition) is 1. The number of benzene rings is 2. The summed E-state index contributed by atoms with van der Waals surface area (Å²) < 4.78 is 5.58. The van der Waals surface area contributed by atoms with Gasteiger partial charge < -0.3 is 10.1 Å². The Bertz CT molecular complexity index is 813. The third-order valence-electron chi connectivity index (χ3n) is 4.43. The van der Waals surface area contributed by atoms with Crippen LogP contribution in [0, 0.1) is 11.3 Å². The molecule has 5 heteroatoms. The zero-order chi connectivity index (χ0) is 18.4. The van der Waals surface area contributed by atoms with E-state index in [9.17, 15) is 4.79 Å². The fourth-order valence-corrected chi connectivity index (χ4v) is 3.14. The highest BCUT2D eigenvalue weighted by molar-refractivity contribution is 5.94. The second-order valence-corrected chi connectivity index (χ2v) is 6.61. The Morgan fingerprint density at radius 1 is 1.27 bits per heavy atom. The van der Waals surface area contributed by atoms with Crippen molar-refractivity contribution in [3.05, 3.63) is 70.8 Å². The summed E-state index contributed by atoms with van der Waals surface area (Å²) >= 11 is 0. The largest absolute Gasteiger partial charge is 0.376 e. The SMILES string of the molecule is C[C@@H]1CN(Cc2cccc(CNC(=O)c3cccc(C#N)c3)c2)CCO1. The quantitative estimate of drug-likeness (QED) is 0.901. The lowest BCUT2D eigenvalue weighted by Gasteiger charge is -2.31. The normalized spacial score (nSPS) is 17.5.